The Kier molecular flexibility index (Phi) is 3.48. The molecule has 0 fully saturated rings. The molecule has 5 nitrogen and oxygen atoms in total. The number of carboxylic acids is 1. The molecule has 1 aromatic carbocycles. The summed E-state index contributed by atoms with van der Waals surface area (Å²) >= 11 is 0. The first-order chi connectivity index (χ1) is 10.2. The van der Waals surface area contributed by atoms with Gasteiger partial charge in [0.15, 0.2) is 0 Å². The molecule has 0 saturated heterocycles. The van der Waals surface area contributed by atoms with Gasteiger partial charge >= 0.3 is 5.97 Å². The summed E-state index contributed by atoms with van der Waals surface area (Å²) in [5.74, 6) is -0.310. The zero-order valence-electron chi connectivity index (χ0n) is 11.7. The minimum absolute atomic E-state index is 0.319. The highest BCUT2D eigenvalue weighted by molar-refractivity contribution is 5.89. The number of benzene rings is 1. The van der Waals surface area contributed by atoms with Crippen molar-refractivity contribution in [2.45, 2.75) is 13.0 Å². The first-order valence-electron chi connectivity index (χ1n) is 6.78. The largest absolute Gasteiger partial charge is 0.481 e. The molecule has 2 heterocycles. The summed E-state index contributed by atoms with van der Waals surface area (Å²) in [6, 6.07) is 11.0. The Morgan fingerprint density at radius 2 is 2.24 bits per heavy atom. The molecule has 0 saturated carbocycles. The lowest BCUT2D eigenvalue weighted by molar-refractivity contribution is 0.0697. The average Bonchev–Trinajstić information content (AvgIpc) is 2.90. The standard InChI is InChI=1S/C16H16N2O3/c1-21-15-4-2-3-13(17-15)10-18-8-7-11-5-6-12(16(19)20)9-14(11)18/h2-6,9H,7-8,10H2,1H3,(H,19,20). The number of hydrogen-bond acceptors (Lipinski definition) is 4. The van der Waals surface area contributed by atoms with Crippen LogP contribution >= 0.6 is 0 Å². The maximum atomic E-state index is 11.1. The van der Waals surface area contributed by atoms with Crippen molar-refractivity contribution in [3.05, 3.63) is 53.2 Å². The second-order valence-corrected chi connectivity index (χ2v) is 4.99. The molecule has 0 atom stereocenters. The Morgan fingerprint density at radius 1 is 1.38 bits per heavy atom. The summed E-state index contributed by atoms with van der Waals surface area (Å²) in [4.78, 5) is 17.7. The van der Waals surface area contributed by atoms with Crippen molar-refractivity contribution in [2.24, 2.45) is 0 Å². The van der Waals surface area contributed by atoms with Crippen LogP contribution in [0.1, 0.15) is 21.6 Å². The van der Waals surface area contributed by atoms with E-state index in [1.54, 1.807) is 19.2 Å². The lowest BCUT2D eigenvalue weighted by atomic mass is 10.1. The third kappa shape index (κ3) is 2.67. The van der Waals surface area contributed by atoms with Crippen LogP contribution in [-0.2, 0) is 13.0 Å². The minimum atomic E-state index is -0.899. The summed E-state index contributed by atoms with van der Waals surface area (Å²) in [5.41, 5.74) is 3.39. The normalized spacial score (nSPS) is 13.1. The summed E-state index contributed by atoms with van der Waals surface area (Å²) in [6.07, 6.45) is 0.930. The predicted molar refractivity (Wildman–Crippen MR) is 78.9 cm³/mol. The number of ether oxygens (including phenoxy) is 1. The van der Waals surface area contributed by atoms with Crippen LogP contribution in [0.3, 0.4) is 0 Å². The van der Waals surface area contributed by atoms with Crippen LogP contribution in [-0.4, -0.2) is 29.7 Å². The molecular formula is C16H16N2O3. The van der Waals surface area contributed by atoms with Crippen LogP contribution in [0.25, 0.3) is 0 Å². The molecule has 0 radical (unpaired) electrons. The molecule has 108 valence electrons. The Bertz CT molecular complexity index is 685. The molecule has 5 heteroatoms. The van der Waals surface area contributed by atoms with Gasteiger partial charge in [0.05, 0.1) is 24.9 Å². The second-order valence-electron chi connectivity index (χ2n) is 4.99. The maximum absolute atomic E-state index is 11.1. The van der Waals surface area contributed by atoms with Gasteiger partial charge in [-0.3, -0.25) is 0 Å². The molecule has 21 heavy (non-hydrogen) atoms. The molecule has 1 aliphatic rings. The Hall–Kier alpha value is -2.56. The van der Waals surface area contributed by atoms with Gasteiger partial charge in [0, 0.05) is 18.3 Å². The fraction of sp³-hybridized carbons (Fsp3) is 0.250. The Morgan fingerprint density at radius 3 is 3.00 bits per heavy atom. The van der Waals surface area contributed by atoms with Gasteiger partial charge in [0.25, 0.3) is 0 Å². The third-order valence-corrected chi connectivity index (χ3v) is 3.67. The van der Waals surface area contributed by atoms with Crippen LogP contribution in [0.15, 0.2) is 36.4 Å². The molecule has 0 amide bonds. The van der Waals surface area contributed by atoms with E-state index in [1.807, 2.05) is 24.3 Å². The summed E-state index contributed by atoms with van der Waals surface area (Å²) in [6.45, 7) is 1.52. The van der Waals surface area contributed by atoms with Crippen molar-refractivity contribution in [3.8, 4) is 5.88 Å². The summed E-state index contributed by atoms with van der Waals surface area (Å²) in [7, 11) is 1.59. The van der Waals surface area contributed by atoms with Gasteiger partial charge < -0.3 is 14.7 Å². The topological polar surface area (TPSA) is 62.7 Å². The molecule has 0 spiro atoms. The van der Waals surface area contributed by atoms with Crippen molar-refractivity contribution in [2.75, 3.05) is 18.6 Å². The van der Waals surface area contributed by atoms with Crippen molar-refractivity contribution >= 4 is 11.7 Å². The Labute approximate surface area is 122 Å². The highest BCUT2D eigenvalue weighted by atomic mass is 16.5. The smallest absolute Gasteiger partial charge is 0.335 e. The number of rotatable bonds is 4. The zero-order chi connectivity index (χ0) is 14.8. The average molecular weight is 284 g/mol. The first kappa shape index (κ1) is 13.4. The molecular weight excluding hydrogens is 268 g/mol. The van der Waals surface area contributed by atoms with Gasteiger partial charge in [0.2, 0.25) is 5.88 Å². The van der Waals surface area contributed by atoms with E-state index in [9.17, 15) is 4.79 Å². The molecule has 0 unspecified atom stereocenters. The molecule has 0 bridgehead atoms. The van der Waals surface area contributed by atoms with Crippen molar-refractivity contribution in [3.63, 3.8) is 0 Å². The van der Waals surface area contributed by atoms with Crippen LogP contribution in [0.2, 0.25) is 0 Å². The highest BCUT2D eigenvalue weighted by Gasteiger charge is 2.21. The zero-order valence-corrected chi connectivity index (χ0v) is 11.7. The van der Waals surface area contributed by atoms with Gasteiger partial charge in [-0.15, -0.1) is 0 Å². The highest BCUT2D eigenvalue weighted by Crippen LogP contribution is 2.30. The number of nitrogens with zero attached hydrogens (tertiary/aromatic N) is 2. The number of carbonyl (C=O) groups is 1. The molecule has 1 N–H and O–H groups in total. The lowest BCUT2D eigenvalue weighted by Gasteiger charge is -2.19. The molecule has 0 aliphatic carbocycles. The van der Waals surface area contributed by atoms with E-state index >= 15 is 0 Å². The molecule has 1 aromatic heterocycles. The number of aromatic carboxylic acids is 1. The van der Waals surface area contributed by atoms with E-state index in [-0.39, 0.29) is 0 Å². The third-order valence-electron chi connectivity index (χ3n) is 3.67. The monoisotopic (exact) mass is 284 g/mol. The second kappa shape index (κ2) is 5.44. The van der Waals surface area contributed by atoms with Gasteiger partial charge in [0.1, 0.15) is 0 Å². The van der Waals surface area contributed by atoms with Gasteiger partial charge in [-0.1, -0.05) is 12.1 Å². The van der Waals surface area contributed by atoms with E-state index in [0.717, 1.165) is 24.3 Å². The van der Waals surface area contributed by atoms with Crippen LogP contribution in [0, 0.1) is 0 Å². The van der Waals surface area contributed by atoms with E-state index in [0.29, 0.717) is 18.0 Å². The molecule has 1 aliphatic heterocycles. The summed E-state index contributed by atoms with van der Waals surface area (Å²) in [5, 5.41) is 9.11. The molecule has 3 rings (SSSR count). The van der Waals surface area contributed by atoms with Crippen LogP contribution in [0.4, 0.5) is 5.69 Å². The number of pyridine rings is 1. The van der Waals surface area contributed by atoms with Crippen molar-refractivity contribution < 1.29 is 14.6 Å². The first-order valence-corrected chi connectivity index (χ1v) is 6.78. The number of fused-ring (bicyclic) bond motifs is 1. The van der Waals surface area contributed by atoms with Crippen molar-refractivity contribution in [1.29, 1.82) is 0 Å². The fourth-order valence-corrected chi connectivity index (χ4v) is 2.60. The van der Waals surface area contributed by atoms with E-state index in [1.165, 1.54) is 5.56 Å². The predicted octanol–water partition coefficient (Wildman–Crippen LogP) is 2.35. The number of methoxy groups -OCH3 is 1. The van der Waals surface area contributed by atoms with E-state index in [4.69, 9.17) is 9.84 Å². The minimum Gasteiger partial charge on any atom is -0.481 e. The number of aromatic nitrogens is 1. The molecule has 2 aromatic rings. The van der Waals surface area contributed by atoms with Crippen LogP contribution < -0.4 is 9.64 Å². The van der Waals surface area contributed by atoms with E-state index < -0.39 is 5.97 Å². The number of hydrogen-bond donors (Lipinski definition) is 1. The van der Waals surface area contributed by atoms with Gasteiger partial charge in [-0.05, 0) is 30.2 Å². The quantitative estimate of drug-likeness (QED) is 0.933. The fourth-order valence-electron chi connectivity index (χ4n) is 2.60. The Balaban J connectivity index is 1.86. The van der Waals surface area contributed by atoms with Gasteiger partial charge in [-0.25, -0.2) is 9.78 Å². The maximum Gasteiger partial charge on any atom is 0.335 e. The number of carboxylic acid groups (broad SMARTS) is 1. The van der Waals surface area contributed by atoms with Gasteiger partial charge in [-0.2, -0.15) is 0 Å². The number of anilines is 1. The van der Waals surface area contributed by atoms with Crippen LogP contribution in [0.5, 0.6) is 5.88 Å². The summed E-state index contributed by atoms with van der Waals surface area (Å²) < 4.78 is 5.13. The van der Waals surface area contributed by atoms with E-state index in [2.05, 4.69) is 9.88 Å². The van der Waals surface area contributed by atoms with Crippen molar-refractivity contribution in [1.82, 2.24) is 4.98 Å². The SMILES string of the molecule is COc1cccc(CN2CCc3ccc(C(=O)O)cc32)n1. The lowest BCUT2D eigenvalue weighted by Crippen LogP contribution is -2.20.